The molecule has 0 N–H and O–H groups in total. The van der Waals surface area contributed by atoms with Gasteiger partial charge in [0, 0.05) is 6.42 Å². The molecule has 0 amide bonds. The summed E-state index contributed by atoms with van der Waals surface area (Å²) in [5.74, 6) is 0.929. The van der Waals surface area contributed by atoms with E-state index in [9.17, 15) is 0 Å². The van der Waals surface area contributed by atoms with Gasteiger partial charge in [0.05, 0.1) is 12.3 Å². The molecule has 26 heavy (non-hydrogen) atoms. The van der Waals surface area contributed by atoms with Gasteiger partial charge in [-0.05, 0) is 48.7 Å². The van der Waals surface area contributed by atoms with E-state index < -0.39 is 0 Å². The maximum absolute atomic E-state index is 5.83. The van der Waals surface area contributed by atoms with Crippen LogP contribution >= 0.6 is 0 Å². The average molecular weight is 351 g/mol. The lowest BCUT2D eigenvalue weighted by molar-refractivity contribution is 0.0857. The third-order valence-electron chi connectivity index (χ3n) is 4.82. The molecule has 0 saturated carbocycles. The van der Waals surface area contributed by atoms with E-state index in [-0.39, 0.29) is 6.10 Å². The van der Waals surface area contributed by atoms with Crippen molar-refractivity contribution >= 4 is 5.71 Å². The topological polar surface area (TPSA) is 30.8 Å². The van der Waals surface area contributed by atoms with Crippen molar-refractivity contribution in [2.24, 2.45) is 5.16 Å². The fourth-order valence-electron chi connectivity index (χ4n) is 3.15. The molecular formula is C23H29NO2. The van der Waals surface area contributed by atoms with Crippen LogP contribution in [0.15, 0.2) is 53.7 Å². The highest BCUT2D eigenvalue weighted by Gasteiger charge is 2.23. The summed E-state index contributed by atoms with van der Waals surface area (Å²) in [6, 6.07) is 16.7. The molecule has 3 heteroatoms. The average Bonchev–Trinajstić information content (AvgIpc) is 3.16. The predicted molar refractivity (Wildman–Crippen MR) is 107 cm³/mol. The monoisotopic (exact) mass is 351 g/mol. The summed E-state index contributed by atoms with van der Waals surface area (Å²) in [6.45, 7) is 5.12. The molecule has 0 spiro atoms. The first-order valence-corrected chi connectivity index (χ1v) is 9.79. The van der Waals surface area contributed by atoms with Gasteiger partial charge in [-0.3, -0.25) is 0 Å². The van der Waals surface area contributed by atoms with Crippen molar-refractivity contribution in [1.29, 1.82) is 0 Å². The van der Waals surface area contributed by atoms with E-state index in [4.69, 9.17) is 9.57 Å². The van der Waals surface area contributed by atoms with E-state index in [1.165, 1.54) is 36.8 Å². The van der Waals surface area contributed by atoms with E-state index in [0.29, 0.717) is 0 Å². The van der Waals surface area contributed by atoms with E-state index >= 15 is 0 Å². The van der Waals surface area contributed by atoms with Crippen molar-refractivity contribution < 1.29 is 9.57 Å². The second kappa shape index (κ2) is 9.42. The highest BCUT2D eigenvalue weighted by Crippen LogP contribution is 2.30. The summed E-state index contributed by atoms with van der Waals surface area (Å²) < 4.78 is 5.83. The van der Waals surface area contributed by atoms with Gasteiger partial charge in [0.25, 0.3) is 0 Å². The number of benzene rings is 2. The SMILES string of the molecule is CCCCCCCOc1ccc(C2=NOC(c3ccc(C)cc3)C2)cc1. The molecule has 0 fully saturated rings. The van der Waals surface area contributed by atoms with Gasteiger partial charge in [-0.15, -0.1) is 0 Å². The molecule has 1 heterocycles. The standard InChI is InChI=1S/C23H29NO2/c1-3-4-5-6-7-16-25-21-14-12-19(13-15-21)22-17-23(26-24-22)20-10-8-18(2)9-11-20/h8-15,23H,3-7,16-17H2,1-2H3. The van der Waals surface area contributed by atoms with E-state index in [1.807, 2.05) is 12.1 Å². The quantitative estimate of drug-likeness (QED) is 0.503. The molecule has 3 nitrogen and oxygen atoms in total. The molecule has 0 bridgehead atoms. The highest BCUT2D eigenvalue weighted by molar-refractivity contribution is 6.01. The number of aryl methyl sites for hydroxylation is 1. The Bertz CT molecular complexity index is 704. The molecule has 2 aromatic rings. The number of ether oxygens (including phenoxy) is 1. The van der Waals surface area contributed by atoms with Gasteiger partial charge in [-0.2, -0.15) is 0 Å². The zero-order valence-electron chi connectivity index (χ0n) is 15.9. The molecule has 1 aliphatic rings. The first-order valence-electron chi connectivity index (χ1n) is 9.79. The second-order valence-electron chi connectivity index (χ2n) is 7.03. The molecular weight excluding hydrogens is 322 g/mol. The van der Waals surface area contributed by atoms with Crippen LogP contribution in [0.3, 0.4) is 0 Å². The molecule has 138 valence electrons. The van der Waals surface area contributed by atoms with Gasteiger partial charge < -0.3 is 9.57 Å². The van der Waals surface area contributed by atoms with Crippen LogP contribution in [0, 0.1) is 6.92 Å². The normalized spacial score (nSPS) is 16.2. The maximum atomic E-state index is 5.83. The number of hydrogen-bond acceptors (Lipinski definition) is 3. The fourth-order valence-corrected chi connectivity index (χ4v) is 3.15. The summed E-state index contributed by atoms with van der Waals surface area (Å²) in [6.07, 6.45) is 7.11. The van der Waals surface area contributed by atoms with Gasteiger partial charge in [0.2, 0.25) is 0 Å². The molecule has 0 aromatic heterocycles. The Morgan fingerprint density at radius 2 is 1.69 bits per heavy atom. The van der Waals surface area contributed by atoms with Crippen molar-refractivity contribution in [1.82, 2.24) is 0 Å². The highest BCUT2D eigenvalue weighted by atomic mass is 16.6. The van der Waals surface area contributed by atoms with Crippen LogP contribution in [0.25, 0.3) is 0 Å². The summed E-state index contributed by atoms with van der Waals surface area (Å²) >= 11 is 0. The van der Waals surface area contributed by atoms with Gasteiger partial charge >= 0.3 is 0 Å². The third kappa shape index (κ3) is 5.10. The summed E-state index contributed by atoms with van der Waals surface area (Å²) in [5, 5.41) is 4.30. The molecule has 1 aliphatic heterocycles. The zero-order valence-corrected chi connectivity index (χ0v) is 15.9. The second-order valence-corrected chi connectivity index (χ2v) is 7.03. The van der Waals surface area contributed by atoms with E-state index in [1.54, 1.807) is 0 Å². The van der Waals surface area contributed by atoms with Gasteiger partial charge in [-0.25, -0.2) is 0 Å². The van der Waals surface area contributed by atoms with Crippen LogP contribution in [0.1, 0.15) is 68.2 Å². The minimum absolute atomic E-state index is 0.0182. The first-order chi connectivity index (χ1) is 12.8. The van der Waals surface area contributed by atoms with E-state index in [2.05, 4.69) is 55.4 Å². The van der Waals surface area contributed by atoms with Crippen LogP contribution in [-0.4, -0.2) is 12.3 Å². The fraction of sp³-hybridized carbons (Fsp3) is 0.435. The lowest BCUT2D eigenvalue weighted by Crippen LogP contribution is -2.02. The van der Waals surface area contributed by atoms with Crippen molar-refractivity contribution in [3.05, 3.63) is 65.2 Å². The number of oxime groups is 1. The molecule has 2 aromatic carbocycles. The Hall–Kier alpha value is -2.29. The molecule has 1 atom stereocenters. The van der Waals surface area contributed by atoms with Gasteiger partial charge in [0.15, 0.2) is 6.10 Å². The molecule has 0 saturated heterocycles. The number of nitrogens with zero attached hydrogens (tertiary/aromatic N) is 1. The van der Waals surface area contributed by atoms with Crippen LogP contribution < -0.4 is 4.74 Å². The molecule has 0 radical (unpaired) electrons. The lowest BCUT2D eigenvalue weighted by Gasteiger charge is -2.09. The summed E-state index contributed by atoms with van der Waals surface area (Å²) in [7, 11) is 0. The van der Waals surface area contributed by atoms with Gasteiger partial charge in [-0.1, -0.05) is 67.6 Å². The first kappa shape index (κ1) is 18.5. The lowest BCUT2D eigenvalue weighted by atomic mass is 9.99. The minimum Gasteiger partial charge on any atom is -0.494 e. The third-order valence-corrected chi connectivity index (χ3v) is 4.82. The van der Waals surface area contributed by atoms with Crippen molar-refractivity contribution in [2.45, 2.75) is 58.5 Å². The van der Waals surface area contributed by atoms with Crippen LogP contribution in [0.2, 0.25) is 0 Å². The Morgan fingerprint density at radius 1 is 0.962 bits per heavy atom. The predicted octanol–water partition coefficient (Wildman–Crippen LogP) is 6.21. The Morgan fingerprint density at radius 3 is 2.42 bits per heavy atom. The van der Waals surface area contributed by atoms with Gasteiger partial charge in [0.1, 0.15) is 5.75 Å². The van der Waals surface area contributed by atoms with Crippen LogP contribution in [-0.2, 0) is 4.84 Å². The van der Waals surface area contributed by atoms with Crippen molar-refractivity contribution in [3.8, 4) is 5.75 Å². The van der Waals surface area contributed by atoms with Crippen molar-refractivity contribution in [3.63, 3.8) is 0 Å². The van der Waals surface area contributed by atoms with Crippen LogP contribution in [0.5, 0.6) is 5.75 Å². The molecule has 3 rings (SSSR count). The van der Waals surface area contributed by atoms with E-state index in [0.717, 1.165) is 36.5 Å². The molecule has 0 aliphatic carbocycles. The minimum atomic E-state index is 0.0182. The summed E-state index contributed by atoms with van der Waals surface area (Å²) in [4.78, 5) is 5.64. The van der Waals surface area contributed by atoms with Crippen molar-refractivity contribution in [2.75, 3.05) is 6.61 Å². The number of rotatable bonds is 9. The smallest absolute Gasteiger partial charge is 0.158 e. The summed E-state index contributed by atoms with van der Waals surface area (Å²) in [5.41, 5.74) is 4.54. The Balaban J connectivity index is 1.47. The molecule has 1 unspecified atom stereocenters. The zero-order chi connectivity index (χ0) is 18.2. The number of hydrogen-bond donors (Lipinski definition) is 0. The van der Waals surface area contributed by atoms with Crippen LogP contribution in [0.4, 0.5) is 0 Å². The largest absolute Gasteiger partial charge is 0.494 e. The maximum Gasteiger partial charge on any atom is 0.158 e. The Labute approximate surface area is 157 Å². The number of unbranched alkanes of at least 4 members (excludes halogenated alkanes) is 4. The Kier molecular flexibility index (Phi) is 6.70.